The fourth-order valence-corrected chi connectivity index (χ4v) is 5.74. The fraction of sp³-hybridized carbons (Fsp3) is 0.0909. The first-order valence-electron chi connectivity index (χ1n) is 12.3. The van der Waals surface area contributed by atoms with E-state index in [1.54, 1.807) is 0 Å². The largest absolute Gasteiger partial charge is 0.338 e. The molecule has 0 aliphatic carbocycles. The van der Waals surface area contributed by atoms with Crippen LogP contribution in [-0.2, 0) is 0 Å². The van der Waals surface area contributed by atoms with Gasteiger partial charge in [-0.3, -0.25) is 0 Å². The number of hydrogen-bond acceptors (Lipinski definition) is 0. The van der Waals surface area contributed by atoms with Crippen molar-refractivity contribution in [1.82, 2.24) is 9.13 Å². The number of aromatic nitrogens is 2. The Morgan fingerprint density at radius 2 is 1.03 bits per heavy atom. The zero-order valence-corrected chi connectivity index (χ0v) is 19.9. The van der Waals surface area contributed by atoms with E-state index < -0.39 is 0 Å². The van der Waals surface area contributed by atoms with Crippen LogP contribution in [-0.4, -0.2) is 9.13 Å². The predicted molar refractivity (Wildman–Crippen MR) is 150 cm³/mol. The van der Waals surface area contributed by atoms with Crippen molar-refractivity contribution < 1.29 is 0 Å². The Morgan fingerprint density at radius 1 is 0.457 bits per heavy atom. The van der Waals surface area contributed by atoms with Crippen LogP contribution in [0.25, 0.3) is 60.4 Å². The van der Waals surface area contributed by atoms with Gasteiger partial charge in [-0.1, -0.05) is 72.8 Å². The standard InChI is InChI=1S/C33H26N2/c1-22(2)34-30-14-8-6-12-26(30)28-18-16-24(21-33(28)34)23-17-19-32-29(20-23)27-13-7-9-15-31(27)35(32)25-10-4-3-5-11-25/h3-22H,1-2H3. The summed E-state index contributed by atoms with van der Waals surface area (Å²) in [6.45, 7) is 4.53. The van der Waals surface area contributed by atoms with Crippen molar-refractivity contribution in [2.45, 2.75) is 19.9 Å². The zero-order chi connectivity index (χ0) is 23.5. The molecule has 0 aliphatic rings. The van der Waals surface area contributed by atoms with Gasteiger partial charge in [0, 0.05) is 44.3 Å². The topological polar surface area (TPSA) is 9.86 Å². The average molecular weight is 451 g/mol. The summed E-state index contributed by atoms with van der Waals surface area (Å²) in [7, 11) is 0. The molecule has 0 atom stereocenters. The summed E-state index contributed by atoms with van der Waals surface area (Å²) in [6.07, 6.45) is 0. The van der Waals surface area contributed by atoms with Crippen LogP contribution < -0.4 is 0 Å². The summed E-state index contributed by atoms with van der Waals surface area (Å²) >= 11 is 0. The fourth-order valence-electron chi connectivity index (χ4n) is 5.74. The molecule has 5 aromatic carbocycles. The minimum atomic E-state index is 0.388. The van der Waals surface area contributed by atoms with Crippen LogP contribution in [0.15, 0.2) is 115 Å². The van der Waals surface area contributed by atoms with E-state index in [0.717, 1.165) is 0 Å². The van der Waals surface area contributed by atoms with Crippen LogP contribution in [0.5, 0.6) is 0 Å². The molecule has 0 amide bonds. The van der Waals surface area contributed by atoms with Crippen LogP contribution in [0.1, 0.15) is 19.9 Å². The third-order valence-electron chi connectivity index (χ3n) is 7.25. The number of rotatable bonds is 3. The number of para-hydroxylation sites is 3. The van der Waals surface area contributed by atoms with Gasteiger partial charge in [0.2, 0.25) is 0 Å². The Hall–Kier alpha value is -4.30. The Balaban J connectivity index is 1.48. The molecule has 2 aromatic heterocycles. The molecule has 7 aromatic rings. The maximum atomic E-state index is 2.47. The van der Waals surface area contributed by atoms with Gasteiger partial charge in [0.1, 0.15) is 0 Å². The molecule has 2 nitrogen and oxygen atoms in total. The van der Waals surface area contributed by atoms with Crippen molar-refractivity contribution in [1.29, 1.82) is 0 Å². The van der Waals surface area contributed by atoms with Gasteiger partial charge in [0.05, 0.1) is 11.0 Å². The molecule has 0 N–H and O–H groups in total. The molecule has 0 aliphatic heterocycles. The smallest absolute Gasteiger partial charge is 0.0541 e. The summed E-state index contributed by atoms with van der Waals surface area (Å²) in [5.41, 5.74) is 8.76. The van der Waals surface area contributed by atoms with Gasteiger partial charge in [-0.15, -0.1) is 0 Å². The summed E-state index contributed by atoms with van der Waals surface area (Å²) in [5.74, 6) is 0. The summed E-state index contributed by atoms with van der Waals surface area (Å²) in [4.78, 5) is 0. The highest BCUT2D eigenvalue weighted by atomic mass is 15.0. The van der Waals surface area contributed by atoms with E-state index in [2.05, 4.69) is 138 Å². The first-order chi connectivity index (χ1) is 17.2. The Kier molecular flexibility index (Phi) is 4.37. The minimum Gasteiger partial charge on any atom is -0.338 e. The average Bonchev–Trinajstić information content (AvgIpc) is 3.41. The molecule has 7 rings (SSSR count). The lowest BCUT2D eigenvalue weighted by molar-refractivity contribution is 0.642. The molecule has 35 heavy (non-hydrogen) atoms. The number of benzene rings is 5. The van der Waals surface area contributed by atoms with Gasteiger partial charge in [-0.25, -0.2) is 0 Å². The van der Waals surface area contributed by atoms with E-state index in [1.807, 2.05) is 0 Å². The Morgan fingerprint density at radius 3 is 1.80 bits per heavy atom. The molecule has 0 saturated carbocycles. The van der Waals surface area contributed by atoms with E-state index in [0.29, 0.717) is 6.04 Å². The monoisotopic (exact) mass is 450 g/mol. The van der Waals surface area contributed by atoms with E-state index in [4.69, 9.17) is 0 Å². The molecule has 0 spiro atoms. The molecule has 168 valence electrons. The number of hydrogen-bond donors (Lipinski definition) is 0. The molecule has 0 unspecified atom stereocenters. The highest BCUT2D eigenvalue weighted by Gasteiger charge is 2.15. The van der Waals surface area contributed by atoms with Crippen LogP contribution in [0.3, 0.4) is 0 Å². The summed E-state index contributed by atoms with van der Waals surface area (Å²) in [6, 6.07) is 42.3. The SMILES string of the molecule is CC(C)n1c2ccccc2c2ccc(-c3ccc4c(c3)c3ccccc3n4-c3ccccc3)cc21. The summed E-state index contributed by atoms with van der Waals surface area (Å²) < 4.78 is 4.84. The summed E-state index contributed by atoms with van der Waals surface area (Å²) in [5, 5.41) is 5.21. The third-order valence-corrected chi connectivity index (χ3v) is 7.25. The van der Waals surface area contributed by atoms with Gasteiger partial charge < -0.3 is 9.13 Å². The zero-order valence-electron chi connectivity index (χ0n) is 19.9. The van der Waals surface area contributed by atoms with E-state index >= 15 is 0 Å². The van der Waals surface area contributed by atoms with Gasteiger partial charge in [0.25, 0.3) is 0 Å². The molecular formula is C33H26N2. The van der Waals surface area contributed by atoms with Crippen molar-refractivity contribution >= 4 is 43.6 Å². The molecule has 2 heteroatoms. The van der Waals surface area contributed by atoms with E-state index in [9.17, 15) is 0 Å². The lowest BCUT2D eigenvalue weighted by Gasteiger charge is -2.12. The second kappa shape index (κ2) is 7.61. The lowest BCUT2D eigenvalue weighted by Crippen LogP contribution is -1.99. The first-order valence-corrected chi connectivity index (χ1v) is 12.3. The van der Waals surface area contributed by atoms with Gasteiger partial charge >= 0.3 is 0 Å². The molecule has 0 radical (unpaired) electrons. The quantitative estimate of drug-likeness (QED) is 0.254. The van der Waals surface area contributed by atoms with Crippen LogP contribution in [0, 0.1) is 0 Å². The highest BCUT2D eigenvalue weighted by Crippen LogP contribution is 2.37. The van der Waals surface area contributed by atoms with Crippen molar-refractivity contribution in [3.8, 4) is 16.8 Å². The maximum absolute atomic E-state index is 2.47. The van der Waals surface area contributed by atoms with Gasteiger partial charge in [-0.05, 0) is 67.4 Å². The lowest BCUT2D eigenvalue weighted by atomic mass is 10.0. The van der Waals surface area contributed by atoms with E-state index in [-0.39, 0.29) is 0 Å². The van der Waals surface area contributed by atoms with Crippen molar-refractivity contribution in [2.24, 2.45) is 0 Å². The van der Waals surface area contributed by atoms with Crippen LogP contribution in [0.2, 0.25) is 0 Å². The van der Waals surface area contributed by atoms with Crippen molar-refractivity contribution in [2.75, 3.05) is 0 Å². The molecule has 0 saturated heterocycles. The second-order valence-electron chi connectivity index (χ2n) is 9.63. The minimum absolute atomic E-state index is 0.388. The Labute approximate surface area is 204 Å². The third kappa shape index (κ3) is 2.96. The van der Waals surface area contributed by atoms with Crippen molar-refractivity contribution in [3.63, 3.8) is 0 Å². The second-order valence-corrected chi connectivity index (χ2v) is 9.63. The molecule has 2 heterocycles. The number of nitrogens with zero attached hydrogens (tertiary/aromatic N) is 2. The molecular weight excluding hydrogens is 424 g/mol. The normalized spacial score (nSPS) is 12.0. The first kappa shape index (κ1) is 20.1. The van der Waals surface area contributed by atoms with E-state index in [1.165, 1.54) is 60.4 Å². The predicted octanol–water partition coefficient (Wildman–Crippen LogP) is 9.14. The highest BCUT2D eigenvalue weighted by molar-refractivity contribution is 6.12. The van der Waals surface area contributed by atoms with Crippen LogP contribution >= 0.6 is 0 Å². The molecule has 0 fully saturated rings. The van der Waals surface area contributed by atoms with Gasteiger partial charge in [-0.2, -0.15) is 0 Å². The molecule has 0 bridgehead atoms. The van der Waals surface area contributed by atoms with Gasteiger partial charge in [0.15, 0.2) is 0 Å². The van der Waals surface area contributed by atoms with Crippen LogP contribution in [0.4, 0.5) is 0 Å². The Bertz CT molecular complexity index is 1870. The maximum Gasteiger partial charge on any atom is 0.0541 e. The number of fused-ring (bicyclic) bond motifs is 6. The van der Waals surface area contributed by atoms with Crippen molar-refractivity contribution in [3.05, 3.63) is 115 Å².